The van der Waals surface area contributed by atoms with E-state index in [1.54, 1.807) is 0 Å². The predicted octanol–water partition coefficient (Wildman–Crippen LogP) is 2.07. The third-order valence-electron chi connectivity index (χ3n) is 2.87. The molecule has 0 radical (unpaired) electrons. The lowest BCUT2D eigenvalue weighted by molar-refractivity contribution is 0.309. The first-order valence-corrected chi connectivity index (χ1v) is 3.93. The van der Waals surface area contributed by atoms with Crippen LogP contribution in [0, 0.1) is 11.8 Å². The molecule has 4 unspecified atom stereocenters. The quantitative estimate of drug-likeness (QED) is 0.455. The van der Waals surface area contributed by atoms with Crippen LogP contribution in [0.5, 0.6) is 0 Å². The van der Waals surface area contributed by atoms with E-state index in [0.29, 0.717) is 12.2 Å². The average Bonchev–Trinajstić information content (AvgIpc) is 2.46. The summed E-state index contributed by atoms with van der Waals surface area (Å²) in [4.78, 5) is 0. The van der Waals surface area contributed by atoms with E-state index in [4.69, 9.17) is 4.74 Å². The van der Waals surface area contributed by atoms with E-state index in [2.05, 4.69) is 13.8 Å². The lowest BCUT2D eigenvalue weighted by atomic mass is 9.82. The highest BCUT2D eigenvalue weighted by Crippen LogP contribution is 2.42. The van der Waals surface area contributed by atoms with E-state index in [1.165, 1.54) is 12.8 Å². The van der Waals surface area contributed by atoms with Gasteiger partial charge in [0.2, 0.25) is 0 Å². The second-order valence-electron chi connectivity index (χ2n) is 3.64. The van der Waals surface area contributed by atoms with Gasteiger partial charge in [-0.2, -0.15) is 0 Å². The third-order valence-corrected chi connectivity index (χ3v) is 2.87. The predicted molar refractivity (Wildman–Crippen MR) is 38.3 cm³/mol. The zero-order chi connectivity index (χ0) is 6.43. The highest BCUT2D eigenvalue weighted by atomic mass is 16.6. The molecule has 4 atom stereocenters. The lowest BCUT2D eigenvalue weighted by Gasteiger charge is -2.21. The minimum Gasteiger partial charge on any atom is -0.370 e. The summed E-state index contributed by atoms with van der Waals surface area (Å²) < 4.78 is 5.42. The van der Waals surface area contributed by atoms with Gasteiger partial charge in [0.15, 0.2) is 0 Å². The van der Waals surface area contributed by atoms with Crippen molar-refractivity contribution in [2.24, 2.45) is 11.8 Å². The maximum atomic E-state index is 5.42. The van der Waals surface area contributed by atoms with Gasteiger partial charge in [0.05, 0.1) is 12.2 Å². The molecule has 0 bridgehead atoms. The van der Waals surface area contributed by atoms with Gasteiger partial charge in [-0.15, -0.1) is 0 Å². The Balaban J connectivity index is 0.000000500. The number of fused-ring (bicyclic) bond motifs is 1. The van der Waals surface area contributed by atoms with E-state index < -0.39 is 0 Å². The second-order valence-corrected chi connectivity index (χ2v) is 3.64. The summed E-state index contributed by atoms with van der Waals surface area (Å²) >= 11 is 0. The van der Waals surface area contributed by atoms with Crippen molar-refractivity contribution in [3.63, 3.8) is 0 Å². The summed E-state index contributed by atoms with van der Waals surface area (Å²) in [5.41, 5.74) is 0. The zero-order valence-corrected chi connectivity index (χ0v) is 6.13. The summed E-state index contributed by atoms with van der Waals surface area (Å²) in [7, 11) is 0. The van der Waals surface area contributed by atoms with Crippen molar-refractivity contribution in [1.29, 1.82) is 0 Å². The smallest absolute Gasteiger partial charge is 0.0844 e. The molecule has 2 fully saturated rings. The highest BCUT2D eigenvalue weighted by Gasteiger charge is 2.45. The van der Waals surface area contributed by atoms with Crippen molar-refractivity contribution < 1.29 is 6.16 Å². The van der Waals surface area contributed by atoms with E-state index in [1.807, 2.05) is 0 Å². The molecule has 1 heterocycles. The molecule has 1 heteroatoms. The van der Waals surface area contributed by atoms with Crippen molar-refractivity contribution >= 4 is 0 Å². The zero-order valence-electron chi connectivity index (χ0n) is 6.13. The number of epoxide rings is 1. The summed E-state index contributed by atoms with van der Waals surface area (Å²) in [5, 5.41) is 0. The van der Waals surface area contributed by atoms with E-state index in [9.17, 15) is 0 Å². The first-order valence-electron chi connectivity index (χ1n) is 3.93. The number of hydrogen-bond donors (Lipinski definition) is 0. The number of ether oxygens (including phenoxy) is 1. The maximum absolute atomic E-state index is 5.42. The SMILES string of the molecule is CC1CC2OC2CC1C.[HH]. The Kier molecular flexibility index (Phi) is 1.10. The van der Waals surface area contributed by atoms with E-state index in [-0.39, 0.29) is 1.43 Å². The van der Waals surface area contributed by atoms with Crippen molar-refractivity contribution in [2.45, 2.75) is 38.9 Å². The summed E-state index contributed by atoms with van der Waals surface area (Å²) in [6.07, 6.45) is 3.95. The molecular formula is C8H16O. The molecule has 0 N–H and O–H groups in total. The molecule has 0 aromatic heterocycles. The van der Waals surface area contributed by atoms with Crippen LogP contribution in [0.4, 0.5) is 0 Å². The van der Waals surface area contributed by atoms with Gasteiger partial charge in [-0.1, -0.05) is 13.8 Å². The van der Waals surface area contributed by atoms with Crippen LogP contribution in [0.2, 0.25) is 0 Å². The fraction of sp³-hybridized carbons (Fsp3) is 1.00. The summed E-state index contributed by atoms with van der Waals surface area (Å²) in [5.74, 6) is 1.79. The van der Waals surface area contributed by atoms with Gasteiger partial charge >= 0.3 is 0 Å². The molecule has 54 valence electrons. The van der Waals surface area contributed by atoms with E-state index >= 15 is 0 Å². The molecule has 9 heavy (non-hydrogen) atoms. The van der Waals surface area contributed by atoms with Crippen molar-refractivity contribution in [2.75, 3.05) is 0 Å². The lowest BCUT2D eigenvalue weighted by Crippen LogP contribution is -2.19. The minimum absolute atomic E-state index is 0. The topological polar surface area (TPSA) is 12.5 Å². The van der Waals surface area contributed by atoms with E-state index in [0.717, 1.165) is 11.8 Å². The van der Waals surface area contributed by atoms with Crippen LogP contribution in [0.3, 0.4) is 0 Å². The molecule has 0 aromatic rings. The Morgan fingerprint density at radius 1 is 1.11 bits per heavy atom. The molecule has 1 nitrogen and oxygen atoms in total. The van der Waals surface area contributed by atoms with Gasteiger partial charge in [0, 0.05) is 1.43 Å². The summed E-state index contributed by atoms with van der Waals surface area (Å²) in [6, 6.07) is 0. The normalized spacial score (nSPS) is 56.7. The monoisotopic (exact) mass is 128 g/mol. The fourth-order valence-corrected chi connectivity index (χ4v) is 1.79. The maximum Gasteiger partial charge on any atom is 0.0844 e. The van der Waals surface area contributed by atoms with Gasteiger partial charge in [0.25, 0.3) is 0 Å². The molecular weight excluding hydrogens is 112 g/mol. The molecule has 1 saturated heterocycles. The minimum atomic E-state index is 0. The fourth-order valence-electron chi connectivity index (χ4n) is 1.79. The Labute approximate surface area is 57.9 Å². The van der Waals surface area contributed by atoms with Crippen LogP contribution in [0.25, 0.3) is 0 Å². The average molecular weight is 128 g/mol. The van der Waals surface area contributed by atoms with Gasteiger partial charge < -0.3 is 4.74 Å². The molecule has 0 aromatic carbocycles. The molecule has 1 aliphatic heterocycles. The largest absolute Gasteiger partial charge is 0.370 e. The Bertz CT molecular complexity index is 112. The molecule has 2 aliphatic rings. The number of rotatable bonds is 0. The standard InChI is InChI=1S/C8H14O.H2/c1-5-3-7-8(9-7)4-6(5)2;/h5-8H,3-4H2,1-2H3;1H. The van der Waals surface area contributed by atoms with Crippen LogP contribution in [0.1, 0.15) is 28.1 Å². The van der Waals surface area contributed by atoms with Gasteiger partial charge in [0.1, 0.15) is 0 Å². The molecule has 0 spiro atoms. The van der Waals surface area contributed by atoms with Crippen LogP contribution in [0.15, 0.2) is 0 Å². The summed E-state index contributed by atoms with van der Waals surface area (Å²) in [6.45, 7) is 4.67. The van der Waals surface area contributed by atoms with Gasteiger partial charge in [-0.25, -0.2) is 0 Å². The van der Waals surface area contributed by atoms with Crippen LogP contribution in [-0.4, -0.2) is 12.2 Å². The van der Waals surface area contributed by atoms with Crippen molar-refractivity contribution in [3.8, 4) is 0 Å². The molecule has 0 amide bonds. The highest BCUT2D eigenvalue weighted by molar-refractivity contribution is 4.93. The van der Waals surface area contributed by atoms with Crippen molar-refractivity contribution in [3.05, 3.63) is 0 Å². The molecule has 1 aliphatic carbocycles. The third kappa shape index (κ3) is 0.877. The first kappa shape index (κ1) is 5.72. The first-order chi connectivity index (χ1) is 4.27. The molecule has 1 saturated carbocycles. The second kappa shape index (κ2) is 1.72. The van der Waals surface area contributed by atoms with Gasteiger partial charge in [-0.05, 0) is 24.7 Å². The Hall–Kier alpha value is -0.0400. The van der Waals surface area contributed by atoms with Crippen molar-refractivity contribution in [1.82, 2.24) is 0 Å². The Morgan fingerprint density at radius 3 is 2.00 bits per heavy atom. The molecule has 2 rings (SSSR count). The Morgan fingerprint density at radius 2 is 1.56 bits per heavy atom. The van der Waals surface area contributed by atoms with Crippen LogP contribution < -0.4 is 0 Å². The van der Waals surface area contributed by atoms with Crippen LogP contribution in [-0.2, 0) is 4.74 Å². The number of hydrogen-bond acceptors (Lipinski definition) is 1. The van der Waals surface area contributed by atoms with Gasteiger partial charge in [-0.3, -0.25) is 0 Å². The van der Waals surface area contributed by atoms with Crippen LogP contribution >= 0.6 is 0 Å².